The highest BCUT2D eigenvalue weighted by Crippen LogP contribution is 2.22. The van der Waals surface area contributed by atoms with Crippen molar-refractivity contribution in [3.05, 3.63) is 46.7 Å². The lowest BCUT2D eigenvalue weighted by molar-refractivity contribution is 0.579. The first-order chi connectivity index (χ1) is 8.50. The second kappa shape index (κ2) is 5.09. The zero-order valence-corrected chi connectivity index (χ0v) is 11.2. The number of H-pyrrole nitrogens is 1. The number of nitrogens with one attached hydrogen (secondary N) is 2. The van der Waals surface area contributed by atoms with E-state index in [1.54, 1.807) is 31.3 Å². The molecule has 2 N–H and O–H groups in total. The van der Waals surface area contributed by atoms with Gasteiger partial charge in [-0.25, -0.2) is 13.1 Å². The summed E-state index contributed by atoms with van der Waals surface area (Å²) in [5, 5.41) is 6.86. The van der Waals surface area contributed by atoms with Gasteiger partial charge >= 0.3 is 0 Å². The second-order valence-electron chi connectivity index (χ2n) is 3.77. The molecule has 1 heterocycles. The largest absolute Gasteiger partial charge is 0.281 e. The van der Waals surface area contributed by atoms with Gasteiger partial charge in [0.2, 0.25) is 10.0 Å². The van der Waals surface area contributed by atoms with Crippen molar-refractivity contribution < 1.29 is 8.42 Å². The van der Waals surface area contributed by atoms with E-state index in [1.165, 1.54) is 6.07 Å². The van der Waals surface area contributed by atoms with Crippen LogP contribution < -0.4 is 4.72 Å². The molecule has 18 heavy (non-hydrogen) atoms. The summed E-state index contributed by atoms with van der Waals surface area (Å²) in [7, 11) is -3.57. The highest BCUT2D eigenvalue weighted by atomic mass is 35.5. The van der Waals surface area contributed by atoms with Gasteiger partial charge in [0.05, 0.1) is 17.1 Å². The molecule has 0 unspecified atom stereocenters. The Bertz CT molecular complexity index is 638. The van der Waals surface area contributed by atoms with Crippen molar-refractivity contribution in [2.24, 2.45) is 0 Å². The maximum atomic E-state index is 12.1. The number of nitrogens with zero attached hydrogens (tertiary/aromatic N) is 1. The Balaban J connectivity index is 2.23. The van der Waals surface area contributed by atoms with Gasteiger partial charge < -0.3 is 0 Å². The normalized spacial score (nSPS) is 11.7. The molecule has 0 fully saturated rings. The van der Waals surface area contributed by atoms with E-state index >= 15 is 0 Å². The lowest BCUT2D eigenvalue weighted by Gasteiger charge is -2.09. The van der Waals surface area contributed by atoms with Gasteiger partial charge in [-0.1, -0.05) is 17.7 Å². The van der Waals surface area contributed by atoms with Crippen LogP contribution in [-0.4, -0.2) is 18.6 Å². The fourth-order valence-electron chi connectivity index (χ4n) is 1.51. The molecule has 0 spiro atoms. The number of hydrogen-bond acceptors (Lipinski definition) is 3. The molecule has 0 aliphatic rings. The molecule has 96 valence electrons. The fourth-order valence-corrected chi connectivity index (χ4v) is 3.01. The number of aromatic nitrogens is 2. The molecule has 0 aliphatic carbocycles. The van der Waals surface area contributed by atoms with E-state index in [0.29, 0.717) is 16.3 Å². The van der Waals surface area contributed by atoms with Gasteiger partial charge in [0, 0.05) is 11.2 Å². The summed E-state index contributed by atoms with van der Waals surface area (Å²) in [6, 6.07) is 6.49. The van der Waals surface area contributed by atoms with Crippen LogP contribution in [0.4, 0.5) is 0 Å². The van der Waals surface area contributed by atoms with Crippen LogP contribution in [0.2, 0.25) is 5.02 Å². The van der Waals surface area contributed by atoms with E-state index in [0.717, 1.165) is 0 Å². The zero-order chi connectivity index (χ0) is 13.2. The smallest absolute Gasteiger partial charge is 0.241 e. The molecular weight excluding hydrogens is 274 g/mol. The number of halogens is 1. The maximum Gasteiger partial charge on any atom is 0.241 e. The predicted molar refractivity (Wildman–Crippen MR) is 68.8 cm³/mol. The minimum atomic E-state index is -3.57. The Morgan fingerprint density at radius 1 is 1.39 bits per heavy atom. The van der Waals surface area contributed by atoms with Gasteiger partial charge in [-0.3, -0.25) is 5.10 Å². The summed E-state index contributed by atoms with van der Waals surface area (Å²) in [6.07, 6.45) is 1.56. The molecule has 1 aromatic heterocycles. The Kier molecular flexibility index (Phi) is 3.70. The van der Waals surface area contributed by atoms with Crippen LogP contribution in [0, 0.1) is 6.92 Å². The number of benzene rings is 1. The maximum absolute atomic E-state index is 12.1. The van der Waals surface area contributed by atoms with Crippen molar-refractivity contribution in [1.82, 2.24) is 14.9 Å². The van der Waals surface area contributed by atoms with E-state index in [-0.39, 0.29) is 11.4 Å². The second-order valence-corrected chi connectivity index (χ2v) is 5.91. The molecule has 7 heteroatoms. The van der Waals surface area contributed by atoms with E-state index in [9.17, 15) is 8.42 Å². The number of aromatic amines is 1. The molecule has 0 radical (unpaired) electrons. The quantitative estimate of drug-likeness (QED) is 0.900. The molecule has 1 aromatic carbocycles. The average molecular weight is 286 g/mol. The lowest BCUT2D eigenvalue weighted by atomic mass is 10.2. The number of hydrogen-bond donors (Lipinski definition) is 2. The SMILES string of the molecule is Cc1c(Cl)cccc1S(=O)(=O)NCc1ccn[nH]1. The predicted octanol–water partition coefficient (Wildman–Crippen LogP) is 1.85. The molecule has 2 rings (SSSR count). The van der Waals surface area contributed by atoms with Crippen molar-refractivity contribution in [3.63, 3.8) is 0 Å². The van der Waals surface area contributed by atoms with Crippen LogP contribution >= 0.6 is 11.6 Å². The van der Waals surface area contributed by atoms with Gasteiger partial charge in [-0.05, 0) is 30.7 Å². The van der Waals surface area contributed by atoms with Crippen LogP contribution in [0.3, 0.4) is 0 Å². The van der Waals surface area contributed by atoms with Crippen molar-refractivity contribution in [1.29, 1.82) is 0 Å². The molecule has 0 saturated heterocycles. The Labute approximate surface area is 110 Å². The average Bonchev–Trinajstić information content (AvgIpc) is 2.83. The molecule has 0 aliphatic heterocycles. The van der Waals surface area contributed by atoms with E-state index in [4.69, 9.17) is 11.6 Å². The first-order valence-electron chi connectivity index (χ1n) is 5.24. The minimum Gasteiger partial charge on any atom is -0.281 e. The van der Waals surface area contributed by atoms with Crippen molar-refractivity contribution in [2.45, 2.75) is 18.4 Å². The fraction of sp³-hybridized carbons (Fsp3) is 0.182. The zero-order valence-electron chi connectivity index (χ0n) is 9.64. The number of rotatable bonds is 4. The van der Waals surface area contributed by atoms with Gasteiger partial charge in [0.15, 0.2) is 0 Å². The molecular formula is C11H12ClN3O2S. The summed E-state index contributed by atoms with van der Waals surface area (Å²) in [5.74, 6) is 0. The van der Waals surface area contributed by atoms with Crippen molar-refractivity contribution in [3.8, 4) is 0 Å². The molecule has 2 aromatic rings. The lowest BCUT2D eigenvalue weighted by Crippen LogP contribution is -2.24. The van der Waals surface area contributed by atoms with Gasteiger partial charge in [0.1, 0.15) is 0 Å². The van der Waals surface area contributed by atoms with Crippen LogP contribution in [0.1, 0.15) is 11.3 Å². The third kappa shape index (κ3) is 2.72. The Hall–Kier alpha value is -1.37. The van der Waals surface area contributed by atoms with Crippen LogP contribution in [0.5, 0.6) is 0 Å². The highest BCUT2D eigenvalue weighted by molar-refractivity contribution is 7.89. The van der Waals surface area contributed by atoms with Crippen molar-refractivity contribution >= 4 is 21.6 Å². The molecule has 0 saturated carbocycles. The standard InChI is InChI=1S/C11H12ClN3O2S/c1-8-10(12)3-2-4-11(8)18(16,17)14-7-9-5-6-13-15-9/h2-6,14H,7H2,1H3,(H,13,15). The molecule has 0 bridgehead atoms. The first kappa shape index (κ1) is 13.1. The van der Waals surface area contributed by atoms with Gasteiger partial charge in [0.25, 0.3) is 0 Å². The van der Waals surface area contributed by atoms with Gasteiger partial charge in [-0.2, -0.15) is 5.10 Å². The van der Waals surface area contributed by atoms with Crippen LogP contribution in [-0.2, 0) is 16.6 Å². The summed E-state index contributed by atoms with van der Waals surface area (Å²) >= 11 is 5.91. The molecule has 5 nitrogen and oxygen atoms in total. The van der Waals surface area contributed by atoms with E-state index in [2.05, 4.69) is 14.9 Å². The summed E-state index contributed by atoms with van der Waals surface area (Å²) in [5.41, 5.74) is 1.23. The highest BCUT2D eigenvalue weighted by Gasteiger charge is 2.17. The summed E-state index contributed by atoms with van der Waals surface area (Å²) in [6.45, 7) is 1.83. The monoisotopic (exact) mass is 285 g/mol. The van der Waals surface area contributed by atoms with E-state index in [1.807, 2.05) is 0 Å². The third-order valence-electron chi connectivity index (χ3n) is 2.52. The Morgan fingerprint density at radius 2 is 2.17 bits per heavy atom. The van der Waals surface area contributed by atoms with Crippen molar-refractivity contribution in [2.75, 3.05) is 0 Å². The molecule has 0 atom stereocenters. The van der Waals surface area contributed by atoms with Gasteiger partial charge in [-0.15, -0.1) is 0 Å². The van der Waals surface area contributed by atoms with Crippen LogP contribution in [0.15, 0.2) is 35.4 Å². The van der Waals surface area contributed by atoms with E-state index < -0.39 is 10.0 Å². The van der Waals surface area contributed by atoms with Crippen LogP contribution in [0.25, 0.3) is 0 Å². The summed E-state index contributed by atoms with van der Waals surface area (Å²) in [4.78, 5) is 0.189. The minimum absolute atomic E-state index is 0.161. The topological polar surface area (TPSA) is 74.8 Å². The third-order valence-corrected chi connectivity index (χ3v) is 4.47. The number of sulfonamides is 1. The Morgan fingerprint density at radius 3 is 2.83 bits per heavy atom. The summed E-state index contributed by atoms with van der Waals surface area (Å²) < 4.78 is 26.7. The molecule has 0 amide bonds. The first-order valence-corrected chi connectivity index (χ1v) is 7.10.